The van der Waals surface area contributed by atoms with Crippen LogP contribution in [0.15, 0.2) is 48.7 Å². The molecule has 0 atom stereocenters. The molecule has 0 saturated heterocycles. The lowest BCUT2D eigenvalue weighted by Crippen LogP contribution is -2.24. The number of rotatable bonds is 4. The van der Waals surface area contributed by atoms with E-state index < -0.39 is 5.97 Å². The van der Waals surface area contributed by atoms with E-state index in [-0.39, 0.29) is 6.42 Å². The number of carboxylic acids is 1. The fraction of sp³-hybridized carbons (Fsp3) is 0.0769. The highest BCUT2D eigenvalue weighted by Crippen LogP contribution is 2.23. The lowest BCUT2D eigenvalue weighted by molar-refractivity contribution is -0.304. The van der Waals surface area contributed by atoms with E-state index in [4.69, 9.17) is 4.74 Å². The van der Waals surface area contributed by atoms with Gasteiger partial charge in [-0.05, 0) is 12.1 Å². The highest BCUT2D eigenvalue weighted by Gasteiger charge is 2.04. The molecule has 1 heterocycles. The largest absolute Gasteiger partial charge is 0.550 e. The second-order valence-electron chi connectivity index (χ2n) is 3.43. The molecule has 17 heavy (non-hydrogen) atoms. The third-order valence-corrected chi connectivity index (χ3v) is 2.16. The molecule has 0 aliphatic rings. The molecule has 1 aromatic carbocycles. The summed E-state index contributed by atoms with van der Waals surface area (Å²) in [5.41, 5.74) is 0.568. The smallest absolute Gasteiger partial charge is 0.219 e. The summed E-state index contributed by atoms with van der Waals surface area (Å²) in [5.74, 6) is -0.226. The summed E-state index contributed by atoms with van der Waals surface area (Å²) < 4.78 is 5.51. The van der Waals surface area contributed by atoms with Crippen LogP contribution in [0.2, 0.25) is 0 Å². The molecular formula is C13H10NO3-. The van der Waals surface area contributed by atoms with Crippen LogP contribution in [0, 0.1) is 0 Å². The summed E-state index contributed by atoms with van der Waals surface area (Å²) in [7, 11) is 0. The van der Waals surface area contributed by atoms with Gasteiger partial charge in [0.2, 0.25) is 5.88 Å². The highest BCUT2D eigenvalue weighted by molar-refractivity contribution is 5.69. The van der Waals surface area contributed by atoms with Crippen LogP contribution in [0.25, 0.3) is 0 Å². The molecule has 1 aromatic heterocycles. The van der Waals surface area contributed by atoms with Gasteiger partial charge < -0.3 is 14.6 Å². The maximum Gasteiger partial charge on any atom is 0.219 e. The third-order valence-electron chi connectivity index (χ3n) is 2.16. The Morgan fingerprint density at radius 2 is 1.94 bits per heavy atom. The number of benzene rings is 1. The molecule has 0 unspecified atom stereocenters. The fourth-order valence-corrected chi connectivity index (χ4v) is 1.43. The Labute approximate surface area is 98.5 Å². The van der Waals surface area contributed by atoms with E-state index in [0.717, 1.165) is 0 Å². The van der Waals surface area contributed by atoms with E-state index in [1.54, 1.807) is 48.7 Å². The molecule has 0 saturated carbocycles. The van der Waals surface area contributed by atoms with E-state index in [1.807, 2.05) is 0 Å². The van der Waals surface area contributed by atoms with Crippen LogP contribution < -0.4 is 9.84 Å². The van der Waals surface area contributed by atoms with Crippen molar-refractivity contribution in [1.29, 1.82) is 0 Å². The van der Waals surface area contributed by atoms with Crippen molar-refractivity contribution in [2.75, 3.05) is 0 Å². The predicted molar refractivity (Wildman–Crippen MR) is 59.5 cm³/mol. The number of carbonyl (C=O) groups excluding carboxylic acids is 1. The Balaban J connectivity index is 2.23. The van der Waals surface area contributed by atoms with Gasteiger partial charge in [-0.2, -0.15) is 0 Å². The van der Waals surface area contributed by atoms with Gasteiger partial charge in [0.25, 0.3) is 0 Å². The predicted octanol–water partition coefficient (Wildman–Crippen LogP) is 1.17. The first kappa shape index (κ1) is 11.1. The molecule has 4 nitrogen and oxygen atoms in total. The van der Waals surface area contributed by atoms with Crippen molar-refractivity contribution in [2.45, 2.75) is 6.42 Å². The van der Waals surface area contributed by atoms with Gasteiger partial charge in [-0.3, -0.25) is 0 Å². The minimum Gasteiger partial charge on any atom is -0.550 e. The number of nitrogens with zero attached hydrogens (tertiary/aromatic N) is 1. The Kier molecular flexibility index (Phi) is 3.35. The van der Waals surface area contributed by atoms with E-state index in [2.05, 4.69) is 4.98 Å². The van der Waals surface area contributed by atoms with E-state index in [9.17, 15) is 9.90 Å². The molecule has 0 spiro atoms. The molecule has 0 bridgehead atoms. The molecule has 0 radical (unpaired) electrons. The molecule has 0 N–H and O–H groups in total. The number of carboxylic acid groups (broad SMARTS) is 1. The monoisotopic (exact) mass is 228 g/mol. The molecule has 0 aliphatic heterocycles. The normalized spacial score (nSPS) is 9.88. The lowest BCUT2D eigenvalue weighted by Gasteiger charge is -2.10. The molecule has 0 amide bonds. The summed E-state index contributed by atoms with van der Waals surface area (Å²) >= 11 is 0. The Morgan fingerprint density at radius 3 is 2.65 bits per heavy atom. The zero-order valence-electron chi connectivity index (χ0n) is 9.00. The number of carbonyl (C=O) groups is 1. The van der Waals surface area contributed by atoms with Gasteiger partial charge >= 0.3 is 0 Å². The van der Waals surface area contributed by atoms with E-state index >= 15 is 0 Å². The van der Waals surface area contributed by atoms with Crippen molar-refractivity contribution < 1.29 is 14.6 Å². The topological polar surface area (TPSA) is 62.2 Å². The molecule has 2 aromatic rings. The van der Waals surface area contributed by atoms with Gasteiger partial charge in [0.1, 0.15) is 5.75 Å². The number of hydrogen-bond donors (Lipinski definition) is 0. The quantitative estimate of drug-likeness (QED) is 0.788. The first-order valence-electron chi connectivity index (χ1n) is 5.12. The maximum atomic E-state index is 10.6. The van der Waals surface area contributed by atoms with Gasteiger partial charge in [-0.15, -0.1) is 0 Å². The van der Waals surface area contributed by atoms with Crippen molar-refractivity contribution in [3.05, 3.63) is 54.2 Å². The standard InChI is InChI=1S/C13H11NO3/c15-13(16)9-10-5-1-2-6-11(10)17-12-7-3-4-8-14-12/h1-8H,9H2,(H,15,16)/p-1. The van der Waals surface area contributed by atoms with Crippen LogP contribution in [0.1, 0.15) is 5.56 Å². The molecule has 86 valence electrons. The van der Waals surface area contributed by atoms with Crippen molar-refractivity contribution in [2.24, 2.45) is 0 Å². The molecule has 2 rings (SSSR count). The zero-order valence-corrected chi connectivity index (χ0v) is 9.00. The van der Waals surface area contributed by atoms with Gasteiger partial charge in [0, 0.05) is 30.2 Å². The van der Waals surface area contributed by atoms with Crippen LogP contribution in [0.3, 0.4) is 0 Å². The van der Waals surface area contributed by atoms with Gasteiger partial charge in [0.05, 0.1) is 0 Å². The van der Waals surface area contributed by atoms with Crippen LogP contribution >= 0.6 is 0 Å². The number of para-hydroxylation sites is 1. The summed E-state index contributed by atoms with van der Waals surface area (Å²) in [6.45, 7) is 0. The van der Waals surface area contributed by atoms with Gasteiger partial charge in [-0.25, -0.2) is 4.98 Å². The van der Waals surface area contributed by atoms with Crippen molar-refractivity contribution in [1.82, 2.24) is 4.98 Å². The van der Waals surface area contributed by atoms with E-state index in [1.165, 1.54) is 0 Å². The molecule has 4 heteroatoms. The zero-order chi connectivity index (χ0) is 12.1. The molecule has 0 aliphatic carbocycles. The van der Waals surface area contributed by atoms with Crippen LogP contribution in [0.5, 0.6) is 11.6 Å². The average molecular weight is 228 g/mol. The summed E-state index contributed by atoms with van der Waals surface area (Å²) in [6.07, 6.45) is 1.43. The number of hydrogen-bond acceptors (Lipinski definition) is 4. The minimum absolute atomic E-state index is 0.178. The van der Waals surface area contributed by atoms with Crippen LogP contribution in [-0.2, 0) is 11.2 Å². The molecule has 0 fully saturated rings. The first-order chi connectivity index (χ1) is 8.25. The van der Waals surface area contributed by atoms with Crippen molar-refractivity contribution in [3.63, 3.8) is 0 Å². The Hall–Kier alpha value is -2.36. The minimum atomic E-state index is -1.14. The second kappa shape index (κ2) is 5.12. The Bertz CT molecular complexity index is 511. The van der Waals surface area contributed by atoms with Crippen molar-refractivity contribution in [3.8, 4) is 11.6 Å². The summed E-state index contributed by atoms with van der Waals surface area (Å²) in [6, 6.07) is 12.2. The summed E-state index contributed by atoms with van der Waals surface area (Å²) in [4.78, 5) is 14.6. The maximum absolute atomic E-state index is 10.6. The Morgan fingerprint density at radius 1 is 1.18 bits per heavy atom. The fourth-order valence-electron chi connectivity index (χ4n) is 1.43. The highest BCUT2D eigenvalue weighted by atomic mass is 16.5. The third kappa shape index (κ3) is 3.04. The number of aliphatic carboxylic acids is 1. The average Bonchev–Trinajstić information content (AvgIpc) is 2.32. The van der Waals surface area contributed by atoms with Crippen molar-refractivity contribution >= 4 is 5.97 Å². The first-order valence-corrected chi connectivity index (χ1v) is 5.12. The SMILES string of the molecule is O=C([O-])Cc1ccccc1Oc1ccccn1. The van der Waals surface area contributed by atoms with Crippen LogP contribution in [-0.4, -0.2) is 11.0 Å². The number of ether oxygens (including phenoxy) is 1. The number of aromatic nitrogens is 1. The van der Waals surface area contributed by atoms with E-state index in [0.29, 0.717) is 17.2 Å². The van der Waals surface area contributed by atoms with Gasteiger partial charge in [-0.1, -0.05) is 24.3 Å². The molecular weight excluding hydrogens is 218 g/mol. The van der Waals surface area contributed by atoms with Crippen LogP contribution in [0.4, 0.5) is 0 Å². The second-order valence-corrected chi connectivity index (χ2v) is 3.43. The number of pyridine rings is 1. The lowest BCUT2D eigenvalue weighted by atomic mass is 10.1. The summed E-state index contributed by atoms with van der Waals surface area (Å²) in [5, 5.41) is 10.6. The van der Waals surface area contributed by atoms with Gasteiger partial charge in [0.15, 0.2) is 0 Å².